The molecule has 1 aromatic heterocycles. The highest BCUT2D eigenvalue weighted by molar-refractivity contribution is 7.18. The zero-order valence-corrected chi connectivity index (χ0v) is 25.3. The molecule has 2 aliphatic rings. The van der Waals surface area contributed by atoms with Gasteiger partial charge in [-0.3, -0.25) is 9.59 Å². The van der Waals surface area contributed by atoms with E-state index in [-0.39, 0.29) is 29.8 Å². The Labute approximate surface area is 241 Å². The van der Waals surface area contributed by atoms with Crippen molar-refractivity contribution in [2.45, 2.75) is 123 Å². The first-order chi connectivity index (χ1) is 18.9. The van der Waals surface area contributed by atoms with Crippen LogP contribution in [0, 0.1) is 17.3 Å². The van der Waals surface area contributed by atoms with Crippen LogP contribution < -0.4 is 5.73 Å². The minimum Gasteiger partial charge on any atom is -0.457 e. The van der Waals surface area contributed by atoms with Crippen molar-refractivity contribution in [1.82, 2.24) is 4.98 Å². The Bertz CT molecular complexity index is 1200. The molecule has 0 saturated carbocycles. The Morgan fingerprint density at radius 3 is 2.65 bits per heavy atom. The van der Waals surface area contributed by atoms with Gasteiger partial charge in [-0.05, 0) is 49.8 Å². The van der Waals surface area contributed by atoms with Gasteiger partial charge < -0.3 is 25.4 Å². The summed E-state index contributed by atoms with van der Waals surface area (Å²) in [7, 11) is 0. The summed E-state index contributed by atoms with van der Waals surface area (Å²) < 4.78 is 13.2. The van der Waals surface area contributed by atoms with Crippen molar-refractivity contribution in [2.24, 2.45) is 23.0 Å². The van der Waals surface area contributed by atoms with E-state index in [0.29, 0.717) is 19.4 Å². The molecule has 2 saturated heterocycles. The maximum Gasteiger partial charge on any atom is 0.309 e. The van der Waals surface area contributed by atoms with Gasteiger partial charge in [-0.1, -0.05) is 53.0 Å². The van der Waals surface area contributed by atoms with Gasteiger partial charge in [-0.15, -0.1) is 11.3 Å². The van der Waals surface area contributed by atoms with Gasteiger partial charge in [0.1, 0.15) is 16.9 Å². The third kappa shape index (κ3) is 6.76. The Morgan fingerprint density at radius 1 is 1.20 bits per heavy atom. The lowest BCUT2D eigenvalue weighted by Crippen LogP contribution is -2.46. The summed E-state index contributed by atoms with van der Waals surface area (Å²) >= 11 is 1.54. The van der Waals surface area contributed by atoms with E-state index in [2.05, 4.69) is 18.8 Å². The molecule has 0 amide bonds. The van der Waals surface area contributed by atoms with Crippen LogP contribution in [0.15, 0.2) is 18.2 Å². The molecule has 40 heavy (non-hydrogen) atoms. The zero-order valence-electron chi connectivity index (χ0n) is 24.5. The zero-order chi connectivity index (χ0) is 29.2. The van der Waals surface area contributed by atoms with Crippen LogP contribution in [0.5, 0.6) is 0 Å². The number of hydrogen-bond donors (Lipinski definition) is 3. The van der Waals surface area contributed by atoms with Gasteiger partial charge in [0.25, 0.3) is 0 Å². The Morgan fingerprint density at radius 2 is 1.95 bits per heavy atom. The summed E-state index contributed by atoms with van der Waals surface area (Å²) in [5.41, 5.74) is 5.86. The molecule has 3 heterocycles. The number of nitrogens with zero attached hydrogens (tertiary/aromatic N) is 1. The van der Waals surface area contributed by atoms with Crippen LogP contribution in [0.3, 0.4) is 0 Å². The van der Waals surface area contributed by atoms with Crippen LogP contribution in [0.2, 0.25) is 0 Å². The number of hydrogen-bond acceptors (Lipinski definition) is 9. The van der Waals surface area contributed by atoms with Crippen molar-refractivity contribution < 1.29 is 29.3 Å². The average Bonchev–Trinajstić information content (AvgIpc) is 3.35. The fourth-order valence-electron chi connectivity index (χ4n) is 6.02. The highest BCUT2D eigenvalue weighted by Gasteiger charge is 2.53. The number of carbonyl (C=O) groups is 2. The highest BCUT2D eigenvalue weighted by Crippen LogP contribution is 2.47. The molecule has 222 valence electrons. The van der Waals surface area contributed by atoms with E-state index in [1.54, 1.807) is 25.2 Å². The lowest BCUT2D eigenvalue weighted by atomic mass is 9.71. The van der Waals surface area contributed by atoms with Crippen LogP contribution in [-0.2, 0) is 25.6 Å². The SMILES string of the molecule is CCCCC1C(=O)C(C)(C)[C@@H](O)CC(=O)O[C@H](c2ccc3sc(CN)nc3c2)C[C@@H]2O[C@]2(C)CCC[C@H](C)C1O. The van der Waals surface area contributed by atoms with Gasteiger partial charge in [0, 0.05) is 18.9 Å². The van der Waals surface area contributed by atoms with Crippen LogP contribution in [0.25, 0.3) is 10.2 Å². The predicted octanol–water partition coefficient (Wildman–Crippen LogP) is 5.22. The van der Waals surface area contributed by atoms with Crippen molar-refractivity contribution >= 4 is 33.3 Å². The molecule has 2 fully saturated rings. The number of aromatic nitrogens is 1. The Kier molecular flexibility index (Phi) is 9.72. The maximum atomic E-state index is 13.8. The minimum absolute atomic E-state index is 0.0755. The van der Waals surface area contributed by atoms with E-state index < -0.39 is 35.6 Å². The first-order valence-electron chi connectivity index (χ1n) is 14.8. The van der Waals surface area contributed by atoms with Gasteiger partial charge in [-0.25, -0.2) is 4.98 Å². The number of cyclic esters (lactones) is 1. The molecule has 0 bridgehead atoms. The molecule has 8 nitrogen and oxygen atoms in total. The van der Waals surface area contributed by atoms with Gasteiger partial charge in [0.05, 0.1) is 46.0 Å². The number of nitrogens with two attached hydrogens (primary N) is 1. The summed E-state index contributed by atoms with van der Waals surface area (Å²) in [5, 5.41) is 23.3. The first-order valence-corrected chi connectivity index (χ1v) is 15.6. The Hall–Kier alpha value is -1.91. The smallest absolute Gasteiger partial charge is 0.309 e. The second-order valence-corrected chi connectivity index (χ2v) is 13.7. The number of ether oxygens (including phenoxy) is 2. The van der Waals surface area contributed by atoms with Crippen molar-refractivity contribution in [3.05, 3.63) is 28.8 Å². The van der Waals surface area contributed by atoms with Crippen molar-refractivity contribution in [2.75, 3.05) is 0 Å². The molecule has 2 aliphatic heterocycles. The number of rotatable bonds is 5. The van der Waals surface area contributed by atoms with Gasteiger partial charge in [0.2, 0.25) is 0 Å². The lowest BCUT2D eigenvalue weighted by Gasteiger charge is -2.36. The monoisotopic (exact) mass is 574 g/mol. The summed E-state index contributed by atoms with van der Waals surface area (Å²) in [6.45, 7) is 9.83. The van der Waals surface area contributed by atoms with E-state index in [0.717, 1.165) is 52.9 Å². The number of epoxide rings is 1. The normalized spacial score (nSPS) is 33.9. The molecular weight excluding hydrogens is 528 g/mol. The molecule has 2 aromatic rings. The summed E-state index contributed by atoms with van der Waals surface area (Å²) in [6.07, 6.45) is 2.15. The second kappa shape index (κ2) is 12.5. The van der Waals surface area contributed by atoms with Gasteiger partial charge in [-0.2, -0.15) is 0 Å². The molecule has 0 radical (unpaired) electrons. The van der Waals surface area contributed by atoms with Crippen molar-refractivity contribution in [3.8, 4) is 0 Å². The van der Waals surface area contributed by atoms with Crippen LogP contribution in [0.1, 0.15) is 103 Å². The number of fused-ring (bicyclic) bond motifs is 2. The van der Waals surface area contributed by atoms with E-state index in [4.69, 9.17) is 15.2 Å². The number of esters is 1. The van der Waals surface area contributed by atoms with E-state index in [1.807, 2.05) is 25.1 Å². The molecule has 1 aromatic carbocycles. The fourth-order valence-corrected chi connectivity index (χ4v) is 6.85. The highest BCUT2D eigenvalue weighted by atomic mass is 32.1. The first kappa shape index (κ1) is 31.0. The quantitative estimate of drug-likeness (QED) is 0.327. The Balaban J connectivity index is 1.62. The molecule has 0 aliphatic carbocycles. The molecule has 4 rings (SSSR count). The molecular formula is C31H46N2O6S. The number of ketones is 1. The third-order valence-corrected chi connectivity index (χ3v) is 10.2. The van der Waals surface area contributed by atoms with Crippen molar-refractivity contribution in [1.29, 1.82) is 0 Å². The van der Waals surface area contributed by atoms with Gasteiger partial charge >= 0.3 is 5.97 Å². The van der Waals surface area contributed by atoms with Crippen molar-refractivity contribution in [3.63, 3.8) is 0 Å². The van der Waals surface area contributed by atoms with Gasteiger partial charge in [0.15, 0.2) is 0 Å². The second-order valence-electron chi connectivity index (χ2n) is 12.6. The molecule has 9 heteroatoms. The third-order valence-electron chi connectivity index (χ3n) is 9.10. The minimum atomic E-state index is -1.25. The number of aliphatic hydroxyl groups excluding tert-OH is 2. The van der Waals surface area contributed by atoms with E-state index in [9.17, 15) is 19.8 Å². The number of Topliss-reactive ketones (excluding diaryl/α,β-unsaturated/α-hetero) is 1. The molecule has 4 N–H and O–H groups in total. The summed E-state index contributed by atoms with van der Waals surface area (Å²) in [5.74, 6) is -1.45. The molecule has 0 spiro atoms. The topological polar surface area (TPSA) is 135 Å². The lowest BCUT2D eigenvalue weighted by molar-refractivity contribution is -0.156. The van der Waals surface area contributed by atoms with Crippen LogP contribution in [0.4, 0.5) is 0 Å². The largest absolute Gasteiger partial charge is 0.457 e. The number of carbonyl (C=O) groups excluding carboxylic acids is 2. The number of benzene rings is 1. The van der Waals surface area contributed by atoms with E-state index in [1.165, 1.54) is 0 Å². The number of aliphatic hydroxyl groups is 2. The number of unbranched alkanes of at least 4 members (excludes halogenated alkanes) is 1. The summed E-state index contributed by atoms with van der Waals surface area (Å²) in [6, 6.07) is 5.86. The molecule has 7 atom stereocenters. The fraction of sp³-hybridized carbons (Fsp3) is 0.710. The number of thiazole rings is 1. The van der Waals surface area contributed by atoms with E-state index >= 15 is 0 Å². The molecule has 2 unspecified atom stereocenters. The summed E-state index contributed by atoms with van der Waals surface area (Å²) in [4.78, 5) is 31.6. The standard InChI is InChI=1S/C31H46N2O6S/c1-6-7-10-20-28(36)18(2)9-8-13-31(5)25(39-31)15-22(38-27(35)16-24(34)30(3,4)29(20)37)19-11-12-23-21(14-19)33-26(17-32)40-23/h11-12,14,18,20,22,24-25,28,34,36H,6-10,13,15-17,32H2,1-5H3/t18-,20?,22-,24-,25-,28?,31+/m0/s1. The van der Waals surface area contributed by atoms with Crippen LogP contribution in [-0.4, -0.2) is 50.9 Å². The van der Waals surface area contributed by atoms with Crippen LogP contribution >= 0.6 is 11.3 Å². The predicted molar refractivity (Wildman–Crippen MR) is 156 cm³/mol. The maximum absolute atomic E-state index is 13.8. The average molecular weight is 575 g/mol.